The molecule has 3 aliphatic rings. The van der Waals surface area contributed by atoms with Crippen molar-refractivity contribution in [2.45, 2.75) is 111 Å². The number of aromatic nitrogens is 2. The van der Waals surface area contributed by atoms with Gasteiger partial charge in [0, 0.05) is 50.0 Å². The third-order valence-electron chi connectivity index (χ3n) is 10.2. The predicted octanol–water partition coefficient (Wildman–Crippen LogP) is 4.87. The van der Waals surface area contributed by atoms with Gasteiger partial charge in [0.05, 0.1) is 12.1 Å². The van der Waals surface area contributed by atoms with Gasteiger partial charge in [-0.05, 0) is 82.1 Å². The molecule has 3 aliphatic carbocycles. The quantitative estimate of drug-likeness (QED) is 0.208. The number of hydrogen-bond donors (Lipinski definition) is 3. The number of hydrogen-bond acceptors (Lipinski definition) is 6. The molecular weight excluding hydrogens is 544 g/mol. The first-order valence-corrected chi connectivity index (χ1v) is 16.5. The molecule has 0 bridgehead atoms. The van der Waals surface area contributed by atoms with Gasteiger partial charge in [0.25, 0.3) is 0 Å². The fourth-order valence-electron chi connectivity index (χ4n) is 7.51. The number of rotatable bonds is 14. The molecule has 3 N–H and O–H groups in total. The number of ketones is 2. The number of nitrogens with one attached hydrogen (secondary N) is 3. The van der Waals surface area contributed by atoms with E-state index in [4.69, 9.17) is 0 Å². The van der Waals surface area contributed by atoms with Gasteiger partial charge in [-0.3, -0.25) is 19.1 Å². The van der Waals surface area contributed by atoms with E-state index in [-0.39, 0.29) is 53.3 Å². The zero-order valence-electron chi connectivity index (χ0n) is 26.7. The van der Waals surface area contributed by atoms with Crippen LogP contribution in [0.2, 0.25) is 0 Å². The Morgan fingerprint density at radius 2 is 1.74 bits per heavy atom. The molecule has 4 rings (SSSR count). The Kier molecular flexibility index (Phi) is 11.2. The van der Waals surface area contributed by atoms with Crippen LogP contribution in [0.25, 0.3) is 0 Å². The number of hydrazone groups is 1. The number of carbonyl (C=O) groups is 4. The van der Waals surface area contributed by atoms with Gasteiger partial charge in [-0.1, -0.05) is 33.1 Å². The zero-order valence-corrected chi connectivity index (χ0v) is 26.7. The number of nitrogens with zero attached hydrogens (tertiary/aromatic N) is 3. The Bertz CT molecular complexity index is 1170. The lowest BCUT2D eigenvalue weighted by molar-refractivity contribution is -0.126. The minimum Gasteiger partial charge on any atom is -0.356 e. The van der Waals surface area contributed by atoms with Crippen molar-refractivity contribution in [1.82, 2.24) is 25.8 Å². The molecule has 3 saturated carbocycles. The van der Waals surface area contributed by atoms with Crippen LogP contribution < -0.4 is 16.1 Å². The molecule has 3 fully saturated rings. The largest absolute Gasteiger partial charge is 0.356 e. The van der Waals surface area contributed by atoms with Gasteiger partial charge >= 0.3 is 6.03 Å². The number of aryl methyl sites for hydroxylation is 1. The van der Waals surface area contributed by atoms with Crippen LogP contribution in [0.1, 0.15) is 110 Å². The molecule has 43 heavy (non-hydrogen) atoms. The van der Waals surface area contributed by atoms with E-state index in [1.807, 2.05) is 13.8 Å². The molecule has 1 aromatic heterocycles. The van der Waals surface area contributed by atoms with Crippen LogP contribution in [0.5, 0.6) is 0 Å². The molecule has 238 valence electrons. The van der Waals surface area contributed by atoms with Crippen molar-refractivity contribution < 1.29 is 19.2 Å². The standard InChI is InChI=1S/C33H52N6O4/c1-5-34-30(42)25-11-9-24(10-12-25)22-35-31(43)37-36-29(27(40)19-26-13-18-39(4)38-26)33(16-8-17-33)21-28(41)23(2)20-32(3)14-6-7-15-32/h13,18,23-25H,5-12,14-17,19-22H2,1-4H3,(H,34,42)(H2,35,37,43)/b36-29+/t23-,24?,25?/m0/s1. The summed E-state index contributed by atoms with van der Waals surface area (Å²) >= 11 is 0. The SMILES string of the molecule is CCNC(=O)C1CCC(CNC(=O)N/N=C(\C(=O)Cc2ccn(C)n2)C2(CC(=O)[C@@H](C)CC3(C)CCCC3)CCC2)CC1. The van der Waals surface area contributed by atoms with Gasteiger partial charge in [-0.15, -0.1) is 0 Å². The van der Waals surface area contributed by atoms with E-state index < -0.39 is 11.4 Å². The maximum absolute atomic E-state index is 13.7. The lowest BCUT2D eigenvalue weighted by Gasteiger charge is -2.42. The monoisotopic (exact) mass is 596 g/mol. The first kappa shape index (κ1) is 32.9. The Hall–Kier alpha value is -3.04. The molecule has 0 aliphatic heterocycles. The second kappa shape index (κ2) is 14.6. The summed E-state index contributed by atoms with van der Waals surface area (Å²) < 4.78 is 1.66. The Morgan fingerprint density at radius 1 is 1.05 bits per heavy atom. The number of urea groups is 1. The lowest BCUT2D eigenvalue weighted by atomic mass is 9.60. The molecule has 0 saturated heterocycles. The summed E-state index contributed by atoms with van der Waals surface area (Å²) in [6.07, 6.45) is 13.5. The first-order valence-electron chi connectivity index (χ1n) is 16.5. The van der Waals surface area contributed by atoms with Crippen molar-refractivity contribution in [2.75, 3.05) is 13.1 Å². The number of Topliss-reactive ketones (excluding diaryl/α,β-unsaturated/α-hetero) is 2. The van der Waals surface area contributed by atoms with Crippen LogP contribution in [0.3, 0.4) is 0 Å². The fourth-order valence-corrected chi connectivity index (χ4v) is 7.51. The molecule has 10 heteroatoms. The smallest absolute Gasteiger partial charge is 0.335 e. The van der Waals surface area contributed by atoms with Crippen LogP contribution in [-0.4, -0.2) is 52.1 Å². The van der Waals surface area contributed by atoms with Crippen LogP contribution >= 0.6 is 0 Å². The Labute approximate surface area is 256 Å². The van der Waals surface area contributed by atoms with Crippen molar-refractivity contribution in [1.29, 1.82) is 0 Å². The maximum atomic E-state index is 13.7. The highest BCUT2D eigenvalue weighted by atomic mass is 16.2. The summed E-state index contributed by atoms with van der Waals surface area (Å²) in [4.78, 5) is 52.3. The van der Waals surface area contributed by atoms with Gasteiger partial charge in [-0.25, -0.2) is 10.2 Å². The van der Waals surface area contributed by atoms with E-state index in [0.29, 0.717) is 37.5 Å². The normalized spacial score (nSPS) is 23.6. The van der Waals surface area contributed by atoms with Gasteiger partial charge < -0.3 is 10.6 Å². The summed E-state index contributed by atoms with van der Waals surface area (Å²) in [6.45, 7) is 7.38. The average Bonchev–Trinajstić information content (AvgIpc) is 3.57. The minimum absolute atomic E-state index is 0.0485. The predicted molar refractivity (Wildman–Crippen MR) is 166 cm³/mol. The number of amides is 3. The molecule has 0 unspecified atom stereocenters. The van der Waals surface area contributed by atoms with Gasteiger partial charge in [-0.2, -0.15) is 10.2 Å². The van der Waals surface area contributed by atoms with Gasteiger partial charge in [0.2, 0.25) is 5.91 Å². The second-order valence-electron chi connectivity index (χ2n) is 13.9. The first-order chi connectivity index (χ1) is 20.5. The highest BCUT2D eigenvalue weighted by Crippen LogP contribution is 2.48. The van der Waals surface area contributed by atoms with Gasteiger partial charge in [0.15, 0.2) is 5.78 Å². The Balaban J connectivity index is 1.40. The van der Waals surface area contributed by atoms with Crippen molar-refractivity contribution in [3.8, 4) is 0 Å². The topological polar surface area (TPSA) is 135 Å². The van der Waals surface area contributed by atoms with Gasteiger partial charge in [0.1, 0.15) is 11.5 Å². The third kappa shape index (κ3) is 8.76. The van der Waals surface area contributed by atoms with Crippen LogP contribution in [0.4, 0.5) is 4.79 Å². The summed E-state index contributed by atoms with van der Waals surface area (Å²) in [6, 6.07) is 1.34. The molecule has 3 amide bonds. The van der Waals surface area contributed by atoms with E-state index in [1.165, 1.54) is 25.7 Å². The summed E-state index contributed by atoms with van der Waals surface area (Å²) in [7, 11) is 1.81. The van der Waals surface area contributed by atoms with Crippen molar-refractivity contribution in [2.24, 2.45) is 40.7 Å². The highest BCUT2D eigenvalue weighted by Gasteiger charge is 2.47. The lowest BCUT2D eigenvalue weighted by Crippen LogP contribution is -2.47. The molecule has 1 heterocycles. The van der Waals surface area contributed by atoms with Crippen molar-refractivity contribution >= 4 is 29.2 Å². The van der Waals surface area contributed by atoms with E-state index in [1.54, 1.807) is 24.0 Å². The third-order valence-corrected chi connectivity index (χ3v) is 10.2. The minimum atomic E-state index is -0.654. The molecule has 1 aromatic rings. The van der Waals surface area contributed by atoms with Crippen LogP contribution in [0.15, 0.2) is 17.4 Å². The van der Waals surface area contributed by atoms with Crippen LogP contribution in [0, 0.1) is 28.6 Å². The number of carbonyl (C=O) groups excluding carboxylic acids is 4. The van der Waals surface area contributed by atoms with E-state index in [9.17, 15) is 19.2 Å². The van der Waals surface area contributed by atoms with Crippen molar-refractivity contribution in [3.05, 3.63) is 18.0 Å². The molecular formula is C33H52N6O4. The average molecular weight is 597 g/mol. The molecule has 10 nitrogen and oxygen atoms in total. The van der Waals surface area contributed by atoms with Crippen molar-refractivity contribution in [3.63, 3.8) is 0 Å². The zero-order chi connectivity index (χ0) is 31.0. The van der Waals surface area contributed by atoms with E-state index in [0.717, 1.165) is 38.5 Å². The Morgan fingerprint density at radius 3 is 2.33 bits per heavy atom. The van der Waals surface area contributed by atoms with Crippen LogP contribution in [-0.2, 0) is 27.9 Å². The molecule has 1 atom stereocenters. The summed E-state index contributed by atoms with van der Waals surface area (Å²) in [5, 5.41) is 14.6. The molecule has 0 spiro atoms. The fraction of sp³-hybridized carbons (Fsp3) is 0.758. The van der Waals surface area contributed by atoms with E-state index >= 15 is 0 Å². The summed E-state index contributed by atoms with van der Waals surface area (Å²) in [5.74, 6) is 0.364. The maximum Gasteiger partial charge on any atom is 0.335 e. The summed E-state index contributed by atoms with van der Waals surface area (Å²) in [5.41, 5.74) is 3.08. The second-order valence-corrected chi connectivity index (χ2v) is 13.9. The van der Waals surface area contributed by atoms with E-state index in [2.05, 4.69) is 33.2 Å². The molecule has 0 radical (unpaired) electrons. The molecule has 0 aromatic carbocycles. The highest BCUT2D eigenvalue weighted by molar-refractivity contribution is 6.42.